The average molecular weight is 487 g/mol. The largest absolute Gasteiger partial charge is 0.508 e. The van der Waals surface area contributed by atoms with E-state index in [9.17, 15) is 19.8 Å². The molecule has 4 N–H and O–H groups in total. The summed E-state index contributed by atoms with van der Waals surface area (Å²) in [5.41, 5.74) is 2.89. The second-order valence-corrected chi connectivity index (χ2v) is 10.3. The molecule has 3 aromatic carbocycles. The molecule has 0 amide bonds. The topological polar surface area (TPSA) is 115 Å². The molecule has 4 atom stereocenters. The molecule has 0 heterocycles. The molecule has 3 aliphatic rings. The Kier molecular flexibility index (Phi) is 6.20. The van der Waals surface area contributed by atoms with Crippen molar-refractivity contribution in [3.63, 3.8) is 0 Å². The fourth-order valence-electron chi connectivity index (χ4n) is 7.25. The summed E-state index contributed by atoms with van der Waals surface area (Å²) in [6, 6.07) is 20.8. The summed E-state index contributed by atoms with van der Waals surface area (Å²) in [5.74, 6) is 1.87. The number of fused-ring (bicyclic) bond motifs is 5. The van der Waals surface area contributed by atoms with Crippen molar-refractivity contribution in [3.8, 4) is 11.5 Å². The van der Waals surface area contributed by atoms with Gasteiger partial charge in [-0.15, -0.1) is 0 Å². The molecule has 3 aliphatic carbocycles. The number of carboxylic acids is 2. The van der Waals surface area contributed by atoms with Gasteiger partial charge < -0.3 is 20.4 Å². The number of phenols is 2. The highest BCUT2D eigenvalue weighted by Gasteiger charge is 2.61. The normalized spacial score (nSPS) is 25.0. The van der Waals surface area contributed by atoms with Gasteiger partial charge in [0, 0.05) is 5.41 Å². The van der Waals surface area contributed by atoms with E-state index < -0.39 is 11.9 Å². The van der Waals surface area contributed by atoms with E-state index in [-0.39, 0.29) is 16.5 Å². The molecule has 2 bridgehead atoms. The van der Waals surface area contributed by atoms with Crippen molar-refractivity contribution < 1.29 is 30.0 Å². The number of hydrogen-bond donors (Lipinski definition) is 4. The van der Waals surface area contributed by atoms with Crippen LogP contribution in [0, 0.1) is 23.7 Å². The quantitative estimate of drug-likeness (QED) is 0.364. The maximum atomic E-state index is 10.3. The Labute approximate surface area is 209 Å². The first kappa shape index (κ1) is 23.9. The van der Waals surface area contributed by atoms with Crippen LogP contribution in [-0.4, -0.2) is 32.4 Å². The number of carboxylic acid groups (broad SMARTS) is 2. The molecule has 4 unspecified atom stereocenters. The van der Waals surface area contributed by atoms with Crippen LogP contribution in [0.2, 0.25) is 0 Å². The van der Waals surface area contributed by atoms with E-state index in [1.807, 2.05) is 24.3 Å². The highest BCUT2D eigenvalue weighted by molar-refractivity contribution is 5.91. The molecule has 6 heteroatoms. The summed E-state index contributed by atoms with van der Waals surface area (Å²) in [5, 5.41) is 36.4. The van der Waals surface area contributed by atoms with Gasteiger partial charge in [0.25, 0.3) is 0 Å². The molecule has 36 heavy (non-hydrogen) atoms. The molecule has 0 radical (unpaired) electrons. The number of carbonyl (C=O) groups is 2. The Bertz CT molecular complexity index is 1170. The zero-order chi connectivity index (χ0) is 25.4. The first-order chi connectivity index (χ1) is 17.3. The minimum atomic E-state index is -1.06. The summed E-state index contributed by atoms with van der Waals surface area (Å²) in [6.45, 7) is 0. The summed E-state index contributed by atoms with van der Waals surface area (Å²) in [4.78, 5) is 20.7. The van der Waals surface area contributed by atoms with E-state index in [0.29, 0.717) is 17.4 Å². The van der Waals surface area contributed by atoms with E-state index in [1.165, 1.54) is 67.5 Å². The van der Waals surface area contributed by atoms with Gasteiger partial charge in [0.15, 0.2) is 0 Å². The number of hydrogen-bond acceptors (Lipinski definition) is 4. The van der Waals surface area contributed by atoms with Crippen molar-refractivity contribution in [2.24, 2.45) is 23.7 Å². The maximum absolute atomic E-state index is 10.3. The number of phenolic OH excluding ortho intramolecular Hbond substituents is 2. The van der Waals surface area contributed by atoms with Crippen molar-refractivity contribution in [2.75, 3.05) is 0 Å². The molecule has 6 rings (SSSR count). The van der Waals surface area contributed by atoms with E-state index in [0.717, 1.165) is 17.8 Å². The van der Waals surface area contributed by atoms with E-state index in [4.69, 9.17) is 10.2 Å². The molecule has 0 aliphatic heterocycles. The van der Waals surface area contributed by atoms with Crippen LogP contribution in [0.5, 0.6) is 11.5 Å². The monoisotopic (exact) mass is 486 g/mol. The Morgan fingerprint density at radius 2 is 1.11 bits per heavy atom. The standard InChI is InChI=1S/C22H24O2.C8H6O4/c23-17-8-4-15(5-9-17)22(16-6-10-18(24)11-7-16)13-14-12-21(22)20-3-1-2-19(14)20;9-7(10)5-1-2-6(4-3-5)8(11)12/h4-11,14,19-21,23-24H,1-3,12-13H2;1-4H,(H,9,10)(H,11,12). The molecule has 0 aromatic heterocycles. The first-order valence-electron chi connectivity index (χ1n) is 12.5. The Morgan fingerprint density at radius 3 is 1.56 bits per heavy atom. The molecule has 3 aromatic rings. The summed E-state index contributed by atoms with van der Waals surface area (Å²) in [6.07, 6.45) is 6.76. The third-order valence-electron chi connectivity index (χ3n) is 8.66. The van der Waals surface area contributed by atoms with Crippen LogP contribution in [0.4, 0.5) is 0 Å². The van der Waals surface area contributed by atoms with Crippen LogP contribution in [-0.2, 0) is 5.41 Å². The van der Waals surface area contributed by atoms with Gasteiger partial charge in [-0.1, -0.05) is 30.7 Å². The molecular weight excluding hydrogens is 456 g/mol. The third-order valence-corrected chi connectivity index (χ3v) is 8.66. The van der Waals surface area contributed by atoms with Gasteiger partial charge in [-0.3, -0.25) is 0 Å². The second-order valence-electron chi connectivity index (χ2n) is 10.3. The SMILES string of the molecule is O=C(O)c1ccc(C(=O)O)cc1.Oc1ccc(C2(c3ccc(O)cc3)CC3CC2C2CCCC32)cc1. The lowest BCUT2D eigenvalue weighted by Crippen LogP contribution is -2.40. The highest BCUT2D eigenvalue weighted by atomic mass is 16.4. The Balaban J connectivity index is 0.000000189. The summed E-state index contributed by atoms with van der Waals surface area (Å²) >= 11 is 0. The second kappa shape index (κ2) is 9.34. The van der Waals surface area contributed by atoms with Crippen molar-refractivity contribution in [2.45, 2.75) is 37.5 Å². The average Bonchev–Trinajstić information content (AvgIpc) is 3.59. The smallest absolute Gasteiger partial charge is 0.335 e. The zero-order valence-electron chi connectivity index (χ0n) is 19.9. The molecular formula is C30H30O6. The minimum Gasteiger partial charge on any atom is -0.508 e. The van der Waals surface area contributed by atoms with Gasteiger partial charge in [0.2, 0.25) is 0 Å². The first-order valence-corrected chi connectivity index (χ1v) is 12.5. The van der Waals surface area contributed by atoms with Crippen molar-refractivity contribution in [3.05, 3.63) is 95.1 Å². The molecule has 186 valence electrons. The predicted octanol–water partition coefficient (Wildman–Crippen LogP) is 5.92. The fraction of sp³-hybridized carbons (Fsp3) is 0.333. The van der Waals surface area contributed by atoms with Gasteiger partial charge in [0.1, 0.15) is 11.5 Å². The molecule has 6 nitrogen and oxygen atoms in total. The third kappa shape index (κ3) is 4.11. The summed E-state index contributed by atoms with van der Waals surface area (Å²) in [7, 11) is 0. The van der Waals surface area contributed by atoms with E-state index in [2.05, 4.69) is 24.3 Å². The lowest BCUT2D eigenvalue weighted by atomic mass is 9.59. The lowest BCUT2D eigenvalue weighted by Gasteiger charge is -2.44. The van der Waals surface area contributed by atoms with E-state index >= 15 is 0 Å². The zero-order valence-corrected chi connectivity index (χ0v) is 19.9. The minimum absolute atomic E-state index is 0.0531. The fourth-order valence-corrected chi connectivity index (χ4v) is 7.25. The van der Waals surface area contributed by atoms with E-state index in [1.54, 1.807) is 0 Å². The Morgan fingerprint density at radius 1 is 0.667 bits per heavy atom. The predicted molar refractivity (Wildman–Crippen MR) is 134 cm³/mol. The van der Waals surface area contributed by atoms with Gasteiger partial charge in [-0.25, -0.2) is 9.59 Å². The number of rotatable bonds is 4. The van der Waals surface area contributed by atoms with Crippen LogP contribution in [0.15, 0.2) is 72.8 Å². The van der Waals surface area contributed by atoms with Gasteiger partial charge in [-0.05, 0) is 109 Å². The van der Waals surface area contributed by atoms with Crippen molar-refractivity contribution >= 4 is 11.9 Å². The Hall–Kier alpha value is -3.80. The van der Waals surface area contributed by atoms with Crippen molar-refractivity contribution in [1.82, 2.24) is 0 Å². The number of benzene rings is 3. The van der Waals surface area contributed by atoms with Gasteiger partial charge >= 0.3 is 11.9 Å². The van der Waals surface area contributed by atoms with Crippen LogP contribution in [0.1, 0.15) is 63.9 Å². The molecule has 0 spiro atoms. The van der Waals surface area contributed by atoms with Crippen LogP contribution >= 0.6 is 0 Å². The van der Waals surface area contributed by atoms with Crippen LogP contribution < -0.4 is 0 Å². The van der Waals surface area contributed by atoms with Crippen LogP contribution in [0.3, 0.4) is 0 Å². The molecule has 3 fully saturated rings. The maximum Gasteiger partial charge on any atom is 0.335 e. The van der Waals surface area contributed by atoms with Gasteiger partial charge in [-0.2, -0.15) is 0 Å². The number of aromatic hydroxyl groups is 2. The molecule has 3 saturated carbocycles. The lowest BCUT2D eigenvalue weighted by molar-refractivity contribution is 0.0681. The van der Waals surface area contributed by atoms with Crippen LogP contribution in [0.25, 0.3) is 0 Å². The molecule has 0 saturated heterocycles. The number of aromatic carboxylic acids is 2. The van der Waals surface area contributed by atoms with Gasteiger partial charge in [0.05, 0.1) is 11.1 Å². The highest BCUT2D eigenvalue weighted by Crippen LogP contribution is 2.68. The van der Waals surface area contributed by atoms with Crippen molar-refractivity contribution in [1.29, 1.82) is 0 Å². The summed E-state index contributed by atoms with van der Waals surface area (Å²) < 4.78 is 0.